The van der Waals surface area contributed by atoms with Gasteiger partial charge in [-0.2, -0.15) is 0 Å². The normalized spacial score (nSPS) is 10.7. The number of ether oxygens (including phenoxy) is 1. The lowest BCUT2D eigenvalue weighted by Crippen LogP contribution is -2.05. The Kier molecular flexibility index (Phi) is 3.86. The van der Waals surface area contributed by atoms with Gasteiger partial charge in [-0.3, -0.25) is 4.79 Å². The summed E-state index contributed by atoms with van der Waals surface area (Å²) in [5, 5.41) is 0. The Morgan fingerprint density at radius 2 is 1.79 bits per heavy atom. The highest BCUT2D eigenvalue weighted by Crippen LogP contribution is 2.21. The molecule has 0 saturated heterocycles. The van der Waals surface area contributed by atoms with Crippen LogP contribution in [-0.2, 0) is 11.3 Å². The zero-order valence-corrected chi connectivity index (χ0v) is 11.7. The Hall–Kier alpha value is -1.87. The van der Waals surface area contributed by atoms with Gasteiger partial charge in [0.2, 0.25) is 5.78 Å². The largest absolute Gasteiger partial charge is 0.455 e. The zero-order chi connectivity index (χ0) is 14.0. The van der Waals surface area contributed by atoms with Crippen molar-refractivity contribution in [2.45, 2.75) is 27.4 Å². The second-order valence-corrected chi connectivity index (χ2v) is 4.80. The van der Waals surface area contributed by atoms with Crippen molar-refractivity contribution in [3.05, 3.63) is 58.0 Å². The summed E-state index contributed by atoms with van der Waals surface area (Å²) in [6.07, 6.45) is 0. The van der Waals surface area contributed by atoms with E-state index >= 15 is 0 Å². The number of furan rings is 1. The van der Waals surface area contributed by atoms with Crippen LogP contribution in [0.4, 0.5) is 0 Å². The summed E-state index contributed by atoms with van der Waals surface area (Å²) >= 11 is 0. The third-order valence-corrected chi connectivity index (χ3v) is 3.08. The minimum atomic E-state index is -0.0719. The lowest BCUT2D eigenvalue weighted by Gasteiger charge is -2.08. The van der Waals surface area contributed by atoms with Gasteiger partial charge in [-0.1, -0.05) is 17.7 Å². The highest BCUT2D eigenvalue weighted by atomic mass is 16.5. The molecule has 0 bridgehead atoms. The molecule has 0 spiro atoms. The van der Waals surface area contributed by atoms with Crippen molar-refractivity contribution in [1.82, 2.24) is 0 Å². The summed E-state index contributed by atoms with van der Waals surface area (Å²) < 4.78 is 10.5. The van der Waals surface area contributed by atoms with Crippen LogP contribution in [0.5, 0.6) is 0 Å². The Morgan fingerprint density at radius 1 is 1.16 bits per heavy atom. The molecule has 0 radical (unpaired) electrons. The molecule has 0 aliphatic rings. The molecule has 1 aromatic carbocycles. The number of ketones is 1. The van der Waals surface area contributed by atoms with Crippen LogP contribution in [0.25, 0.3) is 0 Å². The molecule has 100 valence electrons. The van der Waals surface area contributed by atoms with Crippen LogP contribution in [0.3, 0.4) is 0 Å². The monoisotopic (exact) mass is 258 g/mol. The first-order valence-corrected chi connectivity index (χ1v) is 6.23. The van der Waals surface area contributed by atoms with Gasteiger partial charge in [0.15, 0.2) is 5.76 Å². The molecular weight excluding hydrogens is 240 g/mol. The van der Waals surface area contributed by atoms with Crippen molar-refractivity contribution in [2.75, 3.05) is 7.11 Å². The van der Waals surface area contributed by atoms with Crippen molar-refractivity contribution in [2.24, 2.45) is 0 Å². The molecule has 0 amide bonds. The smallest absolute Gasteiger partial charge is 0.228 e. The van der Waals surface area contributed by atoms with E-state index in [2.05, 4.69) is 0 Å². The van der Waals surface area contributed by atoms with E-state index < -0.39 is 0 Å². The quantitative estimate of drug-likeness (QED) is 0.787. The number of carbonyl (C=O) groups is 1. The van der Waals surface area contributed by atoms with E-state index in [4.69, 9.17) is 9.15 Å². The fourth-order valence-corrected chi connectivity index (χ4v) is 2.38. The summed E-state index contributed by atoms with van der Waals surface area (Å²) in [6.45, 7) is 6.30. The zero-order valence-electron chi connectivity index (χ0n) is 11.7. The number of aryl methyl sites for hydroxylation is 3. The predicted octanol–water partition coefficient (Wildman–Crippen LogP) is 3.58. The van der Waals surface area contributed by atoms with E-state index in [1.54, 1.807) is 19.2 Å². The van der Waals surface area contributed by atoms with Crippen molar-refractivity contribution >= 4 is 5.78 Å². The highest BCUT2D eigenvalue weighted by Gasteiger charge is 2.18. The van der Waals surface area contributed by atoms with Gasteiger partial charge < -0.3 is 9.15 Å². The molecule has 0 unspecified atom stereocenters. The van der Waals surface area contributed by atoms with E-state index in [-0.39, 0.29) is 5.78 Å². The number of carbonyl (C=O) groups excluding carboxylic acids is 1. The van der Waals surface area contributed by atoms with Gasteiger partial charge >= 0.3 is 0 Å². The number of hydrogen-bond acceptors (Lipinski definition) is 3. The van der Waals surface area contributed by atoms with Crippen LogP contribution in [0.15, 0.2) is 28.7 Å². The van der Waals surface area contributed by atoms with E-state index in [0.29, 0.717) is 18.1 Å². The van der Waals surface area contributed by atoms with Crippen molar-refractivity contribution in [1.29, 1.82) is 0 Å². The molecule has 0 aliphatic carbocycles. The SMILES string of the molecule is COCc1ccc(C(=O)c2c(C)cc(C)cc2C)o1. The number of hydrogen-bond donors (Lipinski definition) is 0. The van der Waals surface area contributed by atoms with Gasteiger partial charge in [-0.05, 0) is 44.0 Å². The number of benzene rings is 1. The predicted molar refractivity (Wildman–Crippen MR) is 73.5 cm³/mol. The first-order chi connectivity index (χ1) is 9.02. The Balaban J connectivity index is 2.38. The number of methoxy groups -OCH3 is 1. The van der Waals surface area contributed by atoms with Crippen LogP contribution >= 0.6 is 0 Å². The molecule has 0 saturated carbocycles. The average molecular weight is 258 g/mol. The molecule has 3 heteroatoms. The maximum atomic E-state index is 12.5. The van der Waals surface area contributed by atoms with E-state index in [1.165, 1.54) is 0 Å². The van der Waals surface area contributed by atoms with E-state index in [1.807, 2.05) is 32.9 Å². The number of rotatable bonds is 4. The minimum Gasteiger partial charge on any atom is -0.455 e. The molecule has 0 atom stereocenters. The standard InChI is InChI=1S/C16H18O3/c1-10-7-11(2)15(12(3)8-10)16(17)14-6-5-13(19-14)9-18-4/h5-8H,9H2,1-4H3. The van der Waals surface area contributed by atoms with Crippen LogP contribution in [0, 0.1) is 20.8 Å². The van der Waals surface area contributed by atoms with Gasteiger partial charge in [0.25, 0.3) is 0 Å². The van der Waals surface area contributed by atoms with E-state index in [9.17, 15) is 4.79 Å². The fourth-order valence-electron chi connectivity index (χ4n) is 2.38. The third kappa shape index (κ3) is 2.76. The van der Waals surface area contributed by atoms with Crippen molar-refractivity contribution in [3.63, 3.8) is 0 Å². The molecule has 1 aromatic heterocycles. The summed E-state index contributed by atoms with van der Waals surface area (Å²) in [6, 6.07) is 7.50. The van der Waals surface area contributed by atoms with Crippen LogP contribution < -0.4 is 0 Å². The van der Waals surface area contributed by atoms with Gasteiger partial charge in [-0.25, -0.2) is 0 Å². The highest BCUT2D eigenvalue weighted by molar-refractivity contribution is 6.09. The molecular formula is C16H18O3. The molecule has 0 fully saturated rings. The molecule has 2 rings (SSSR count). The van der Waals surface area contributed by atoms with Gasteiger partial charge in [-0.15, -0.1) is 0 Å². The second kappa shape index (κ2) is 5.41. The second-order valence-electron chi connectivity index (χ2n) is 4.80. The molecule has 0 N–H and O–H groups in total. The van der Waals surface area contributed by atoms with Crippen LogP contribution in [0.2, 0.25) is 0 Å². The summed E-state index contributed by atoms with van der Waals surface area (Å²) in [4.78, 5) is 12.5. The lowest BCUT2D eigenvalue weighted by molar-refractivity contribution is 0.0998. The maximum Gasteiger partial charge on any atom is 0.228 e. The molecule has 19 heavy (non-hydrogen) atoms. The topological polar surface area (TPSA) is 39.4 Å². The Morgan fingerprint density at radius 3 is 2.37 bits per heavy atom. The summed E-state index contributed by atoms with van der Waals surface area (Å²) in [5.41, 5.74) is 3.84. The van der Waals surface area contributed by atoms with E-state index in [0.717, 1.165) is 22.3 Å². The molecule has 3 nitrogen and oxygen atoms in total. The first-order valence-electron chi connectivity index (χ1n) is 6.23. The lowest BCUT2D eigenvalue weighted by atomic mass is 9.96. The summed E-state index contributed by atoms with van der Waals surface area (Å²) in [7, 11) is 1.60. The maximum absolute atomic E-state index is 12.5. The minimum absolute atomic E-state index is 0.0719. The van der Waals surface area contributed by atoms with Crippen LogP contribution in [-0.4, -0.2) is 12.9 Å². The third-order valence-electron chi connectivity index (χ3n) is 3.08. The first kappa shape index (κ1) is 13.6. The molecule has 2 aromatic rings. The Bertz CT molecular complexity index is 585. The van der Waals surface area contributed by atoms with Gasteiger partial charge in [0, 0.05) is 12.7 Å². The van der Waals surface area contributed by atoms with Gasteiger partial charge in [0.1, 0.15) is 12.4 Å². The van der Waals surface area contributed by atoms with Crippen LogP contribution in [0.1, 0.15) is 38.6 Å². The average Bonchev–Trinajstić information content (AvgIpc) is 2.76. The molecule has 0 aliphatic heterocycles. The fraction of sp³-hybridized carbons (Fsp3) is 0.312. The van der Waals surface area contributed by atoms with Crippen molar-refractivity contribution in [3.8, 4) is 0 Å². The summed E-state index contributed by atoms with van der Waals surface area (Å²) in [5.74, 6) is 0.952. The van der Waals surface area contributed by atoms with Crippen molar-refractivity contribution < 1.29 is 13.9 Å². The van der Waals surface area contributed by atoms with Gasteiger partial charge in [0.05, 0.1) is 0 Å². The molecule has 1 heterocycles. The Labute approximate surface area is 113 Å².